The zero-order valence-corrected chi connectivity index (χ0v) is 16.0. The summed E-state index contributed by atoms with van der Waals surface area (Å²) in [6.07, 6.45) is 0.912. The molecule has 1 N–H and O–H groups in total. The van der Waals surface area contributed by atoms with Crippen LogP contribution in [0.3, 0.4) is 0 Å². The van der Waals surface area contributed by atoms with Gasteiger partial charge in [0.1, 0.15) is 5.25 Å². The lowest BCUT2D eigenvalue weighted by Gasteiger charge is -2.15. The Hall–Kier alpha value is -2.14. The van der Waals surface area contributed by atoms with Gasteiger partial charge in [0.05, 0.1) is 5.75 Å². The van der Waals surface area contributed by atoms with Crippen LogP contribution in [-0.2, 0) is 26.8 Å². The number of carbonyl (C=O) groups excluding carboxylic acids is 1. The molecule has 2 rings (SSSR count). The smallest absolute Gasteiger partial charge is 0.242 e. The van der Waals surface area contributed by atoms with E-state index >= 15 is 0 Å². The molecule has 0 bridgehead atoms. The van der Waals surface area contributed by atoms with Crippen LogP contribution in [0.4, 0.5) is 5.69 Å². The summed E-state index contributed by atoms with van der Waals surface area (Å²) >= 11 is 0. The second-order valence-electron chi connectivity index (χ2n) is 6.42. The predicted molar refractivity (Wildman–Crippen MR) is 102 cm³/mol. The van der Waals surface area contributed by atoms with Gasteiger partial charge in [-0.15, -0.1) is 0 Å². The summed E-state index contributed by atoms with van der Waals surface area (Å²) in [6.45, 7) is 7.29. The molecule has 0 radical (unpaired) electrons. The number of hydrogen-bond donors (Lipinski definition) is 1. The van der Waals surface area contributed by atoms with Crippen molar-refractivity contribution in [3.8, 4) is 0 Å². The summed E-state index contributed by atoms with van der Waals surface area (Å²) in [5.74, 6) is -0.640. The van der Waals surface area contributed by atoms with Crippen LogP contribution in [-0.4, -0.2) is 19.6 Å². The maximum absolute atomic E-state index is 12.6. The molecule has 2 aromatic carbocycles. The number of benzene rings is 2. The minimum absolute atomic E-state index is 0.135. The summed E-state index contributed by atoms with van der Waals surface area (Å²) in [5, 5.41) is 1.58. The number of carbonyl (C=O) groups is 1. The summed E-state index contributed by atoms with van der Waals surface area (Å²) in [5.41, 5.74) is 4.43. The number of aryl methyl sites for hydroxylation is 3. The standard InChI is InChI=1S/C20H25NO3S/c1-5-17-8-10-19(11-9-17)21-20(22)16(4)25(23,24)13-18-12-14(2)6-7-15(18)3/h6-12,16H,5,13H2,1-4H3,(H,21,22). The minimum Gasteiger partial charge on any atom is -0.325 e. The van der Waals surface area contributed by atoms with Crippen LogP contribution in [0, 0.1) is 13.8 Å². The highest BCUT2D eigenvalue weighted by molar-refractivity contribution is 7.92. The SMILES string of the molecule is CCc1ccc(NC(=O)C(C)S(=O)(=O)Cc2cc(C)ccc2C)cc1. The number of sulfone groups is 1. The number of anilines is 1. The quantitative estimate of drug-likeness (QED) is 0.853. The average molecular weight is 359 g/mol. The highest BCUT2D eigenvalue weighted by Crippen LogP contribution is 2.18. The van der Waals surface area contributed by atoms with Gasteiger partial charge >= 0.3 is 0 Å². The average Bonchev–Trinajstić information content (AvgIpc) is 2.57. The molecular formula is C20H25NO3S. The predicted octanol–water partition coefficient (Wildman–Crippen LogP) is 3.81. The van der Waals surface area contributed by atoms with E-state index in [1.165, 1.54) is 6.92 Å². The van der Waals surface area contributed by atoms with Crippen LogP contribution >= 0.6 is 0 Å². The van der Waals surface area contributed by atoms with Gasteiger partial charge in [-0.05, 0) is 56.0 Å². The molecule has 5 heteroatoms. The molecular weight excluding hydrogens is 334 g/mol. The zero-order valence-electron chi connectivity index (χ0n) is 15.2. The third-order valence-corrected chi connectivity index (χ3v) is 6.40. The highest BCUT2D eigenvalue weighted by Gasteiger charge is 2.28. The van der Waals surface area contributed by atoms with E-state index in [4.69, 9.17) is 0 Å². The Kier molecular flexibility index (Phi) is 6.01. The van der Waals surface area contributed by atoms with E-state index in [-0.39, 0.29) is 5.75 Å². The zero-order chi connectivity index (χ0) is 18.6. The third kappa shape index (κ3) is 4.92. The van der Waals surface area contributed by atoms with Gasteiger partial charge in [0.2, 0.25) is 5.91 Å². The molecule has 0 saturated heterocycles. The van der Waals surface area contributed by atoms with Crippen LogP contribution in [0.2, 0.25) is 0 Å². The first-order valence-corrected chi connectivity index (χ1v) is 10.1. The summed E-state index contributed by atoms with van der Waals surface area (Å²) in [4.78, 5) is 12.4. The lowest BCUT2D eigenvalue weighted by atomic mass is 10.1. The van der Waals surface area contributed by atoms with Crippen LogP contribution in [0.25, 0.3) is 0 Å². The van der Waals surface area contributed by atoms with Crippen LogP contribution in [0.15, 0.2) is 42.5 Å². The summed E-state index contributed by atoms with van der Waals surface area (Å²) < 4.78 is 25.3. The van der Waals surface area contributed by atoms with Gasteiger partial charge in [-0.2, -0.15) is 0 Å². The van der Waals surface area contributed by atoms with Gasteiger partial charge in [-0.25, -0.2) is 8.42 Å². The molecule has 25 heavy (non-hydrogen) atoms. The molecule has 0 aliphatic rings. The van der Waals surface area contributed by atoms with Crippen molar-refractivity contribution in [1.82, 2.24) is 0 Å². The Bertz CT molecular complexity index is 855. The van der Waals surface area contributed by atoms with Gasteiger partial charge < -0.3 is 5.32 Å². The Labute approximate surface area is 150 Å². The minimum atomic E-state index is -3.60. The highest BCUT2D eigenvalue weighted by atomic mass is 32.2. The lowest BCUT2D eigenvalue weighted by Crippen LogP contribution is -2.33. The fourth-order valence-corrected chi connectivity index (χ4v) is 3.91. The van der Waals surface area contributed by atoms with Gasteiger partial charge in [-0.3, -0.25) is 4.79 Å². The van der Waals surface area contributed by atoms with E-state index in [2.05, 4.69) is 12.2 Å². The van der Waals surface area contributed by atoms with Crippen LogP contribution < -0.4 is 5.32 Å². The molecule has 134 valence electrons. The van der Waals surface area contributed by atoms with Gasteiger partial charge in [0.25, 0.3) is 0 Å². The van der Waals surface area contributed by atoms with Gasteiger partial charge in [0.15, 0.2) is 9.84 Å². The molecule has 4 nitrogen and oxygen atoms in total. The van der Waals surface area contributed by atoms with Gasteiger partial charge in [0, 0.05) is 5.69 Å². The second kappa shape index (κ2) is 7.83. The molecule has 0 heterocycles. The summed E-state index contributed by atoms with van der Waals surface area (Å²) in [6, 6.07) is 13.1. The molecule has 0 saturated carbocycles. The summed E-state index contributed by atoms with van der Waals surface area (Å²) in [7, 11) is -3.60. The second-order valence-corrected chi connectivity index (χ2v) is 8.74. The largest absolute Gasteiger partial charge is 0.325 e. The third-order valence-electron chi connectivity index (χ3n) is 4.40. The first-order chi connectivity index (χ1) is 11.7. The van der Waals surface area contributed by atoms with E-state index in [1.807, 2.05) is 44.2 Å². The topological polar surface area (TPSA) is 63.2 Å². The van der Waals surface area contributed by atoms with Crippen molar-refractivity contribution < 1.29 is 13.2 Å². The maximum Gasteiger partial charge on any atom is 0.242 e. The number of nitrogens with one attached hydrogen (secondary N) is 1. The first-order valence-electron chi connectivity index (χ1n) is 8.40. The Morgan fingerprint density at radius 1 is 1.08 bits per heavy atom. The molecule has 0 fully saturated rings. The molecule has 1 unspecified atom stereocenters. The maximum atomic E-state index is 12.6. The molecule has 2 aromatic rings. The molecule has 0 aliphatic carbocycles. The van der Waals surface area contributed by atoms with Crippen molar-refractivity contribution in [3.05, 3.63) is 64.7 Å². The van der Waals surface area contributed by atoms with Crippen LogP contribution in [0.5, 0.6) is 0 Å². The van der Waals surface area contributed by atoms with Crippen molar-refractivity contribution in [2.75, 3.05) is 5.32 Å². The fourth-order valence-electron chi connectivity index (χ4n) is 2.53. The van der Waals surface area contributed by atoms with Crippen molar-refractivity contribution in [3.63, 3.8) is 0 Å². The normalized spacial score (nSPS) is 12.6. The molecule has 0 spiro atoms. The van der Waals surface area contributed by atoms with E-state index in [0.717, 1.165) is 28.7 Å². The van der Waals surface area contributed by atoms with Crippen molar-refractivity contribution >= 4 is 21.4 Å². The van der Waals surface area contributed by atoms with Crippen molar-refractivity contribution in [1.29, 1.82) is 0 Å². The fraction of sp³-hybridized carbons (Fsp3) is 0.350. The molecule has 0 aliphatic heterocycles. The number of rotatable bonds is 6. The first kappa shape index (κ1) is 19.2. The van der Waals surface area contributed by atoms with E-state index in [0.29, 0.717) is 5.69 Å². The Morgan fingerprint density at radius 2 is 1.72 bits per heavy atom. The van der Waals surface area contributed by atoms with E-state index < -0.39 is 21.0 Å². The monoisotopic (exact) mass is 359 g/mol. The molecule has 1 amide bonds. The Balaban J connectivity index is 2.12. The lowest BCUT2D eigenvalue weighted by molar-refractivity contribution is -0.115. The van der Waals surface area contributed by atoms with E-state index in [9.17, 15) is 13.2 Å². The number of amides is 1. The molecule has 1 atom stereocenters. The van der Waals surface area contributed by atoms with Crippen molar-refractivity contribution in [2.45, 2.75) is 45.1 Å². The van der Waals surface area contributed by atoms with Gasteiger partial charge in [-0.1, -0.05) is 42.8 Å². The van der Waals surface area contributed by atoms with E-state index in [1.54, 1.807) is 12.1 Å². The van der Waals surface area contributed by atoms with Crippen LogP contribution in [0.1, 0.15) is 36.1 Å². The Morgan fingerprint density at radius 3 is 2.32 bits per heavy atom. The van der Waals surface area contributed by atoms with Crippen molar-refractivity contribution in [2.24, 2.45) is 0 Å². The number of hydrogen-bond acceptors (Lipinski definition) is 3. The molecule has 0 aromatic heterocycles.